The Balaban J connectivity index is 1.83. The average Bonchev–Trinajstić information content (AvgIpc) is 2.83. The van der Waals surface area contributed by atoms with Crippen LogP contribution in [0.1, 0.15) is 16.1 Å². The number of Topliss-reactive ketones (excluding diaryl/α,β-unsaturated/α-hetero) is 1. The summed E-state index contributed by atoms with van der Waals surface area (Å²) in [6, 6.07) is 10.5. The number of halogens is 1. The zero-order valence-corrected chi connectivity index (χ0v) is 9.91. The molecule has 0 aliphatic carbocycles. The molecule has 17 heavy (non-hydrogen) atoms. The van der Waals surface area contributed by atoms with Crippen molar-refractivity contribution in [1.82, 2.24) is 5.32 Å². The second kappa shape index (κ2) is 5.66. The lowest BCUT2D eigenvalue weighted by atomic mass is 10.1. The number of ketones is 1. The Kier molecular flexibility index (Phi) is 3.96. The fraction of sp³-hybridized carbons (Fsp3) is 0.154. The second-order valence-electron chi connectivity index (χ2n) is 3.61. The minimum absolute atomic E-state index is 0.0354. The summed E-state index contributed by atoms with van der Waals surface area (Å²) in [4.78, 5) is 11.7. The predicted octanol–water partition coefficient (Wildman–Crippen LogP) is 2.91. The molecule has 2 aromatic rings. The molecule has 88 valence electrons. The van der Waals surface area contributed by atoms with E-state index in [0.717, 1.165) is 5.76 Å². The molecule has 0 bridgehead atoms. The Morgan fingerprint density at radius 2 is 2.00 bits per heavy atom. The van der Waals surface area contributed by atoms with Crippen molar-refractivity contribution in [3.8, 4) is 0 Å². The number of rotatable bonds is 5. The van der Waals surface area contributed by atoms with Gasteiger partial charge in [0.2, 0.25) is 0 Å². The van der Waals surface area contributed by atoms with E-state index in [2.05, 4.69) is 5.32 Å². The molecule has 0 aliphatic rings. The van der Waals surface area contributed by atoms with Crippen LogP contribution in [0.5, 0.6) is 0 Å². The van der Waals surface area contributed by atoms with Gasteiger partial charge < -0.3 is 9.73 Å². The van der Waals surface area contributed by atoms with Crippen molar-refractivity contribution < 1.29 is 9.21 Å². The van der Waals surface area contributed by atoms with Gasteiger partial charge in [-0.15, -0.1) is 0 Å². The molecule has 1 N–H and O–H groups in total. The normalized spacial score (nSPS) is 10.4. The van der Waals surface area contributed by atoms with E-state index >= 15 is 0 Å². The first-order chi connectivity index (χ1) is 8.25. The van der Waals surface area contributed by atoms with Gasteiger partial charge in [0.1, 0.15) is 5.76 Å². The van der Waals surface area contributed by atoms with Crippen LogP contribution in [0.2, 0.25) is 5.02 Å². The highest BCUT2D eigenvalue weighted by Gasteiger charge is 2.05. The lowest BCUT2D eigenvalue weighted by Gasteiger charge is -2.02. The number of carbonyl (C=O) groups excluding carboxylic acids is 1. The fourth-order valence-corrected chi connectivity index (χ4v) is 1.58. The predicted molar refractivity (Wildman–Crippen MR) is 66.2 cm³/mol. The first kappa shape index (κ1) is 11.9. The molecule has 0 fully saturated rings. The summed E-state index contributed by atoms with van der Waals surface area (Å²) in [6.07, 6.45) is 1.61. The molecule has 0 unspecified atom stereocenters. The third-order valence-corrected chi connectivity index (χ3v) is 2.58. The van der Waals surface area contributed by atoms with Gasteiger partial charge in [0.25, 0.3) is 0 Å². The summed E-state index contributed by atoms with van der Waals surface area (Å²) in [5.74, 6) is 0.849. The van der Waals surface area contributed by atoms with Crippen LogP contribution in [0, 0.1) is 0 Å². The van der Waals surface area contributed by atoms with Gasteiger partial charge in [0.15, 0.2) is 5.78 Å². The van der Waals surface area contributed by atoms with Gasteiger partial charge in [0.05, 0.1) is 19.4 Å². The molecule has 0 amide bonds. The van der Waals surface area contributed by atoms with E-state index in [4.69, 9.17) is 16.0 Å². The molecule has 1 aromatic carbocycles. The maximum atomic E-state index is 11.7. The van der Waals surface area contributed by atoms with Crippen LogP contribution in [0.4, 0.5) is 0 Å². The first-order valence-electron chi connectivity index (χ1n) is 5.27. The van der Waals surface area contributed by atoms with Crippen LogP contribution in [0.15, 0.2) is 47.1 Å². The number of hydrogen-bond acceptors (Lipinski definition) is 3. The molecule has 0 atom stereocenters. The third-order valence-electron chi connectivity index (χ3n) is 2.33. The molecule has 0 saturated heterocycles. The van der Waals surface area contributed by atoms with Crippen LogP contribution >= 0.6 is 11.6 Å². The molecular weight excluding hydrogens is 238 g/mol. The van der Waals surface area contributed by atoms with Crippen molar-refractivity contribution in [3.05, 3.63) is 59.0 Å². The zero-order chi connectivity index (χ0) is 12.1. The lowest BCUT2D eigenvalue weighted by Crippen LogP contribution is -2.22. The van der Waals surface area contributed by atoms with Crippen molar-refractivity contribution in [3.63, 3.8) is 0 Å². The highest BCUT2D eigenvalue weighted by Crippen LogP contribution is 2.09. The van der Waals surface area contributed by atoms with E-state index in [0.29, 0.717) is 17.1 Å². The fourth-order valence-electron chi connectivity index (χ4n) is 1.45. The third kappa shape index (κ3) is 3.44. The van der Waals surface area contributed by atoms with Crippen LogP contribution in [-0.4, -0.2) is 12.3 Å². The summed E-state index contributed by atoms with van der Waals surface area (Å²) in [5, 5.41) is 3.65. The molecule has 3 nitrogen and oxygen atoms in total. The van der Waals surface area contributed by atoms with E-state index in [1.54, 1.807) is 30.5 Å². The lowest BCUT2D eigenvalue weighted by molar-refractivity contribution is 0.0990. The second-order valence-corrected chi connectivity index (χ2v) is 4.05. The van der Waals surface area contributed by atoms with Crippen molar-refractivity contribution in [1.29, 1.82) is 0 Å². The Morgan fingerprint density at radius 3 is 2.65 bits per heavy atom. The van der Waals surface area contributed by atoms with Gasteiger partial charge in [-0.1, -0.05) is 11.6 Å². The van der Waals surface area contributed by atoms with Crippen LogP contribution in [0.25, 0.3) is 0 Å². The Labute approximate surface area is 104 Å². The van der Waals surface area contributed by atoms with Gasteiger partial charge in [-0.3, -0.25) is 4.79 Å². The van der Waals surface area contributed by atoms with E-state index < -0.39 is 0 Å². The minimum Gasteiger partial charge on any atom is -0.468 e. The highest BCUT2D eigenvalue weighted by molar-refractivity contribution is 6.30. The number of nitrogens with one attached hydrogen (secondary N) is 1. The van der Waals surface area contributed by atoms with Gasteiger partial charge in [-0.25, -0.2) is 0 Å². The molecule has 0 saturated carbocycles. The standard InChI is InChI=1S/C13H12ClNO2/c14-11-5-3-10(4-6-11)13(16)9-15-8-12-2-1-7-17-12/h1-7,15H,8-9H2. The number of carbonyl (C=O) groups is 1. The van der Waals surface area contributed by atoms with Crippen molar-refractivity contribution >= 4 is 17.4 Å². The van der Waals surface area contributed by atoms with Crippen LogP contribution < -0.4 is 5.32 Å². The summed E-state index contributed by atoms with van der Waals surface area (Å²) < 4.78 is 5.15. The Hall–Kier alpha value is -1.58. The van der Waals surface area contributed by atoms with E-state index in [1.165, 1.54) is 0 Å². The van der Waals surface area contributed by atoms with E-state index in [1.807, 2.05) is 12.1 Å². The SMILES string of the molecule is O=C(CNCc1ccco1)c1ccc(Cl)cc1. The van der Waals surface area contributed by atoms with Gasteiger partial charge in [-0.05, 0) is 36.4 Å². The van der Waals surface area contributed by atoms with E-state index in [-0.39, 0.29) is 12.3 Å². The average molecular weight is 250 g/mol. The first-order valence-corrected chi connectivity index (χ1v) is 5.65. The number of benzene rings is 1. The van der Waals surface area contributed by atoms with Crippen LogP contribution in [-0.2, 0) is 6.54 Å². The quantitative estimate of drug-likeness (QED) is 0.829. The van der Waals surface area contributed by atoms with Crippen LogP contribution in [0.3, 0.4) is 0 Å². The Morgan fingerprint density at radius 1 is 1.24 bits per heavy atom. The smallest absolute Gasteiger partial charge is 0.176 e. The molecule has 4 heteroatoms. The Bertz CT molecular complexity index is 477. The molecule has 0 spiro atoms. The van der Waals surface area contributed by atoms with Crippen molar-refractivity contribution in [2.75, 3.05) is 6.54 Å². The molecule has 1 aromatic heterocycles. The van der Waals surface area contributed by atoms with Gasteiger partial charge in [-0.2, -0.15) is 0 Å². The molecular formula is C13H12ClNO2. The van der Waals surface area contributed by atoms with E-state index in [9.17, 15) is 4.79 Å². The topological polar surface area (TPSA) is 42.2 Å². The van der Waals surface area contributed by atoms with Crippen molar-refractivity contribution in [2.45, 2.75) is 6.54 Å². The van der Waals surface area contributed by atoms with Crippen molar-refractivity contribution in [2.24, 2.45) is 0 Å². The maximum absolute atomic E-state index is 11.7. The molecule has 0 aliphatic heterocycles. The summed E-state index contributed by atoms with van der Waals surface area (Å²) >= 11 is 5.75. The van der Waals surface area contributed by atoms with Gasteiger partial charge >= 0.3 is 0 Å². The largest absolute Gasteiger partial charge is 0.468 e. The monoisotopic (exact) mass is 249 g/mol. The number of hydrogen-bond donors (Lipinski definition) is 1. The van der Waals surface area contributed by atoms with Gasteiger partial charge in [0, 0.05) is 10.6 Å². The highest BCUT2D eigenvalue weighted by atomic mass is 35.5. The maximum Gasteiger partial charge on any atom is 0.176 e. The minimum atomic E-state index is 0.0354. The summed E-state index contributed by atoms with van der Waals surface area (Å²) in [7, 11) is 0. The summed E-state index contributed by atoms with van der Waals surface area (Å²) in [6.45, 7) is 0.828. The zero-order valence-electron chi connectivity index (χ0n) is 9.15. The summed E-state index contributed by atoms with van der Waals surface area (Å²) in [5.41, 5.74) is 0.654. The number of furan rings is 1. The molecule has 2 rings (SSSR count). The molecule has 1 heterocycles. The molecule has 0 radical (unpaired) electrons.